The molecule has 1 N–H and O–H groups in total. The molecule has 1 atom stereocenters. The van der Waals surface area contributed by atoms with Gasteiger partial charge in [0.1, 0.15) is 5.69 Å². The zero-order valence-corrected chi connectivity index (χ0v) is 13.9. The second-order valence-electron chi connectivity index (χ2n) is 5.94. The van der Waals surface area contributed by atoms with Crippen LogP contribution >= 0.6 is 0 Å². The number of carbonyl (C=O) groups is 1. The average Bonchev–Trinajstić information content (AvgIpc) is 3.12. The van der Waals surface area contributed by atoms with E-state index in [-0.39, 0.29) is 11.9 Å². The summed E-state index contributed by atoms with van der Waals surface area (Å²) in [5, 5.41) is 0. The number of aromatic nitrogens is 2. The highest BCUT2D eigenvalue weighted by Gasteiger charge is 2.19. The third-order valence-electron chi connectivity index (χ3n) is 4.21. The molecule has 1 amide bonds. The van der Waals surface area contributed by atoms with E-state index in [1.807, 2.05) is 74.6 Å². The Morgan fingerprint density at radius 2 is 1.83 bits per heavy atom. The molecule has 24 heavy (non-hydrogen) atoms. The number of nitrogens with one attached hydrogen (secondary N) is 1. The summed E-state index contributed by atoms with van der Waals surface area (Å²) in [7, 11) is 1.83. The van der Waals surface area contributed by atoms with Gasteiger partial charge in [-0.15, -0.1) is 0 Å². The lowest BCUT2D eigenvalue weighted by Crippen LogP contribution is -2.36. The molecule has 4 heteroatoms. The highest BCUT2D eigenvalue weighted by atomic mass is 16.2. The lowest BCUT2D eigenvalue weighted by atomic mass is 10.1. The third-order valence-corrected chi connectivity index (χ3v) is 4.21. The van der Waals surface area contributed by atoms with Crippen molar-refractivity contribution in [3.8, 4) is 11.3 Å². The molecule has 4 nitrogen and oxygen atoms in total. The zero-order chi connectivity index (χ0) is 16.9. The van der Waals surface area contributed by atoms with Crippen molar-refractivity contribution in [2.24, 2.45) is 0 Å². The molecule has 0 aliphatic rings. The van der Waals surface area contributed by atoms with Gasteiger partial charge in [-0.3, -0.25) is 9.78 Å². The fourth-order valence-electron chi connectivity index (χ4n) is 2.65. The topological polar surface area (TPSA) is 49.0 Å². The van der Waals surface area contributed by atoms with Gasteiger partial charge >= 0.3 is 0 Å². The number of benzene rings is 1. The predicted octanol–water partition coefficient (Wildman–Crippen LogP) is 3.78. The van der Waals surface area contributed by atoms with Gasteiger partial charge in [0, 0.05) is 37.1 Å². The molecule has 2 heterocycles. The number of nitrogens with zero attached hydrogens (tertiary/aromatic N) is 2. The van der Waals surface area contributed by atoms with Crippen LogP contribution in [0.3, 0.4) is 0 Å². The summed E-state index contributed by atoms with van der Waals surface area (Å²) in [5.74, 6) is -0.0133. The molecule has 2 aromatic heterocycles. The van der Waals surface area contributed by atoms with E-state index in [2.05, 4.69) is 9.97 Å². The Bertz CT molecular complexity index is 796. The van der Waals surface area contributed by atoms with E-state index < -0.39 is 0 Å². The smallest absolute Gasteiger partial charge is 0.270 e. The molecule has 0 aliphatic heterocycles. The first-order valence-electron chi connectivity index (χ1n) is 8.06. The van der Waals surface area contributed by atoms with Gasteiger partial charge in [0.25, 0.3) is 5.91 Å². The number of pyridine rings is 1. The normalized spacial score (nSPS) is 11.9. The lowest BCUT2D eigenvalue weighted by Gasteiger charge is -2.24. The van der Waals surface area contributed by atoms with Gasteiger partial charge < -0.3 is 9.88 Å². The summed E-state index contributed by atoms with van der Waals surface area (Å²) in [6.07, 6.45) is 2.51. The van der Waals surface area contributed by atoms with Crippen molar-refractivity contribution in [3.05, 3.63) is 78.2 Å². The van der Waals surface area contributed by atoms with Crippen molar-refractivity contribution in [2.45, 2.75) is 19.4 Å². The number of H-pyrrole nitrogens is 1. The van der Waals surface area contributed by atoms with Crippen LogP contribution in [0.2, 0.25) is 0 Å². The highest BCUT2D eigenvalue weighted by molar-refractivity contribution is 5.93. The van der Waals surface area contributed by atoms with Crippen LogP contribution in [-0.2, 0) is 6.42 Å². The predicted molar refractivity (Wildman–Crippen MR) is 95.7 cm³/mol. The average molecular weight is 319 g/mol. The van der Waals surface area contributed by atoms with E-state index in [9.17, 15) is 4.79 Å². The van der Waals surface area contributed by atoms with Gasteiger partial charge in [0.05, 0.1) is 0 Å². The lowest BCUT2D eigenvalue weighted by molar-refractivity contribution is 0.0738. The van der Waals surface area contributed by atoms with Crippen molar-refractivity contribution in [1.82, 2.24) is 14.9 Å². The van der Waals surface area contributed by atoms with E-state index in [4.69, 9.17) is 0 Å². The van der Waals surface area contributed by atoms with Crippen LogP contribution in [0.15, 0.2) is 66.9 Å². The number of aromatic amines is 1. The van der Waals surface area contributed by atoms with Crippen LogP contribution in [0.5, 0.6) is 0 Å². The Morgan fingerprint density at radius 1 is 1.08 bits per heavy atom. The molecule has 1 unspecified atom stereocenters. The van der Waals surface area contributed by atoms with E-state index in [0.29, 0.717) is 5.69 Å². The van der Waals surface area contributed by atoms with E-state index in [1.165, 1.54) is 0 Å². The van der Waals surface area contributed by atoms with Gasteiger partial charge in [-0.05, 0) is 36.8 Å². The van der Waals surface area contributed by atoms with Crippen LogP contribution in [-0.4, -0.2) is 33.9 Å². The minimum atomic E-state index is -0.0133. The largest absolute Gasteiger partial charge is 0.351 e. The number of hydrogen-bond donors (Lipinski definition) is 1. The van der Waals surface area contributed by atoms with Gasteiger partial charge in [-0.2, -0.15) is 0 Å². The van der Waals surface area contributed by atoms with Gasteiger partial charge in [0.2, 0.25) is 0 Å². The first-order valence-corrected chi connectivity index (χ1v) is 8.06. The van der Waals surface area contributed by atoms with E-state index in [0.717, 1.165) is 23.4 Å². The fraction of sp³-hybridized carbons (Fsp3) is 0.200. The molecular weight excluding hydrogens is 298 g/mol. The molecule has 3 rings (SSSR count). The molecule has 3 aromatic rings. The fourth-order valence-corrected chi connectivity index (χ4v) is 2.65. The molecule has 0 aliphatic carbocycles. The van der Waals surface area contributed by atoms with Crippen LogP contribution in [0.1, 0.15) is 23.1 Å². The van der Waals surface area contributed by atoms with Gasteiger partial charge in [0.15, 0.2) is 0 Å². The molecule has 0 radical (unpaired) electrons. The molecule has 0 saturated carbocycles. The maximum atomic E-state index is 12.7. The summed E-state index contributed by atoms with van der Waals surface area (Å²) in [4.78, 5) is 22.0. The van der Waals surface area contributed by atoms with Crippen molar-refractivity contribution < 1.29 is 4.79 Å². The first-order chi connectivity index (χ1) is 11.6. The van der Waals surface area contributed by atoms with Crippen LogP contribution in [0.4, 0.5) is 0 Å². The summed E-state index contributed by atoms with van der Waals surface area (Å²) in [5.41, 5.74) is 3.61. The van der Waals surface area contributed by atoms with Crippen molar-refractivity contribution in [2.75, 3.05) is 7.05 Å². The van der Waals surface area contributed by atoms with E-state index >= 15 is 0 Å². The molecule has 0 spiro atoms. The summed E-state index contributed by atoms with van der Waals surface area (Å²) >= 11 is 0. The van der Waals surface area contributed by atoms with Gasteiger partial charge in [-0.25, -0.2) is 0 Å². The van der Waals surface area contributed by atoms with Crippen molar-refractivity contribution >= 4 is 5.91 Å². The van der Waals surface area contributed by atoms with Crippen LogP contribution in [0, 0.1) is 0 Å². The standard InChI is InChI=1S/C20H21N3O/c1-15(14-17-10-6-7-13-21-17)23(2)20(24)19-12-11-18(22-19)16-8-4-3-5-9-16/h3-13,15,22H,14H2,1-2H3. The SMILES string of the molecule is CC(Cc1ccccn1)N(C)C(=O)c1ccc(-c2ccccc2)[nH]1. The number of carbonyl (C=O) groups excluding carboxylic acids is 1. The number of likely N-dealkylation sites (N-methyl/N-ethyl adjacent to an activating group) is 1. The minimum absolute atomic E-state index is 0.0133. The Morgan fingerprint density at radius 3 is 2.54 bits per heavy atom. The molecule has 0 saturated heterocycles. The second kappa shape index (κ2) is 7.13. The third kappa shape index (κ3) is 3.54. The van der Waals surface area contributed by atoms with Crippen molar-refractivity contribution in [3.63, 3.8) is 0 Å². The van der Waals surface area contributed by atoms with Crippen LogP contribution in [0.25, 0.3) is 11.3 Å². The van der Waals surface area contributed by atoms with Gasteiger partial charge in [-0.1, -0.05) is 36.4 Å². The number of amides is 1. The molecule has 1 aromatic carbocycles. The quantitative estimate of drug-likeness (QED) is 0.778. The summed E-state index contributed by atoms with van der Waals surface area (Å²) < 4.78 is 0. The summed E-state index contributed by atoms with van der Waals surface area (Å²) in [6.45, 7) is 2.04. The molecule has 0 fully saturated rings. The minimum Gasteiger partial charge on any atom is -0.351 e. The molecule has 0 bridgehead atoms. The number of rotatable bonds is 5. The Kier molecular flexibility index (Phi) is 4.75. The van der Waals surface area contributed by atoms with E-state index in [1.54, 1.807) is 11.1 Å². The molecular formula is C20H21N3O. The Balaban J connectivity index is 1.71. The Hall–Kier alpha value is -2.88. The maximum Gasteiger partial charge on any atom is 0.270 e. The van der Waals surface area contributed by atoms with Crippen molar-refractivity contribution in [1.29, 1.82) is 0 Å². The Labute approximate surface area is 142 Å². The first kappa shape index (κ1) is 16.0. The zero-order valence-electron chi connectivity index (χ0n) is 13.9. The highest BCUT2D eigenvalue weighted by Crippen LogP contribution is 2.19. The molecule has 122 valence electrons. The van der Waals surface area contributed by atoms with Crippen LogP contribution < -0.4 is 0 Å². The monoisotopic (exact) mass is 319 g/mol. The number of hydrogen-bond acceptors (Lipinski definition) is 2. The second-order valence-corrected chi connectivity index (χ2v) is 5.94. The maximum absolute atomic E-state index is 12.7. The summed E-state index contributed by atoms with van der Waals surface area (Å²) in [6, 6.07) is 19.7.